The van der Waals surface area contributed by atoms with Crippen molar-refractivity contribution in [3.63, 3.8) is 0 Å². The van der Waals surface area contributed by atoms with Gasteiger partial charge in [0, 0.05) is 5.39 Å². The standard InChI is InChI=1S/C27H22ClF3NO5P/c1-18(26(33)35-17-19-9-3-2-4-10-19)32-38(34,36-24-16-7-12-20-11-5-6-13-21(20)24)37-25-22(27(29,30)31)14-8-15-23(25)28/h2-16,18H,17H2,1H3,(H,32,34)/t18-,38?/m0/s1. The Balaban J connectivity index is 1.66. The van der Waals surface area contributed by atoms with Gasteiger partial charge in [-0.2, -0.15) is 18.3 Å². The van der Waals surface area contributed by atoms with Crippen LogP contribution in [0.1, 0.15) is 18.1 Å². The van der Waals surface area contributed by atoms with E-state index in [1.165, 1.54) is 13.0 Å². The van der Waals surface area contributed by atoms with Crippen LogP contribution in [-0.2, 0) is 26.9 Å². The zero-order valence-corrected chi connectivity index (χ0v) is 21.6. The van der Waals surface area contributed by atoms with Crippen LogP contribution in [0.5, 0.6) is 11.5 Å². The smallest absolute Gasteiger partial charge is 0.460 e. The molecule has 6 nitrogen and oxygen atoms in total. The third kappa shape index (κ3) is 6.67. The average Bonchev–Trinajstić information content (AvgIpc) is 2.88. The second kappa shape index (κ2) is 11.5. The van der Waals surface area contributed by atoms with Gasteiger partial charge in [-0.3, -0.25) is 4.79 Å². The summed E-state index contributed by atoms with van der Waals surface area (Å²) in [6.45, 7) is 1.26. The molecule has 38 heavy (non-hydrogen) atoms. The SMILES string of the molecule is C[C@H](NP(=O)(Oc1c(Cl)cccc1C(F)(F)F)Oc1cccc2ccccc12)C(=O)OCc1ccccc1. The predicted octanol–water partition coefficient (Wildman–Crippen LogP) is 7.80. The lowest BCUT2D eigenvalue weighted by Gasteiger charge is -2.25. The molecular weight excluding hydrogens is 542 g/mol. The van der Waals surface area contributed by atoms with E-state index in [1.54, 1.807) is 66.7 Å². The van der Waals surface area contributed by atoms with Gasteiger partial charge in [-0.15, -0.1) is 0 Å². The molecule has 4 rings (SSSR count). The molecule has 4 aromatic rings. The van der Waals surface area contributed by atoms with Gasteiger partial charge in [0.25, 0.3) is 0 Å². The molecule has 0 aliphatic heterocycles. The Bertz CT molecular complexity index is 1480. The second-order valence-electron chi connectivity index (χ2n) is 8.22. The maximum absolute atomic E-state index is 14.0. The van der Waals surface area contributed by atoms with Crippen molar-refractivity contribution in [3.05, 3.63) is 107 Å². The number of benzene rings is 4. The highest BCUT2D eigenvalue weighted by atomic mass is 35.5. The lowest BCUT2D eigenvalue weighted by atomic mass is 10.1. The molecule has 0 bridgehead atoms. The van der Waals surface area contributed by atoms with Crippen LogP contribution in [0.15, 0.2) is 91.0 Å². The Morgan fingerprint density at radius 1 is 0.921 bits per heavy atom. The van der Waals surface area contributed by atoms with Gasteiger partial charge < -0.3 is 13.8 Å². The maximum Gasteiger partial charge on any atom is 0.513 e. The molecule has 0 spiro atoms. The van der Waals surface area contributed by atoms with Crippen molar-refractivity contribution in [3.8, 4) is 11.5 Å². The molecule has 0 aliphatic rings. The van der Waals surface area contributed by atoms with Crippen molar-refractivity contribution in [2.75, 3.05) is 0 Å². The van der Waals surface area contributed by atoms with Gasteiger partial charge in [0.15, 0.2) is 5.75 Å². The topological polar surface area (TPSA) is 73.9 Å². The van der Waals surface area contributed by atoms with Crippen LogP contribution in [-0.4, -0.2) is 12.0 Å². The first-order valence-electron chi connectivity index (χ1n) is 11.4. The molecule has 0 aromatic heterocycles. The van der Waals surface area contributed by atoms with E-state index in [2.05, 4.69) is 5.09 Å². The number of ether oxygens (including phenoxy) is 1. The predicted molar refractivity (Wildman–Crippen MR) is 138 cm³/mol. The van der Waals surface area contributed by atoms with Gasteiger partial charge in [-0.05, 0) is 36.1 Å². The minimum absolute atomic E-state index is 0.0596. The summed E-state index contributed by atoms with van der Waals surface area (Å²) in [5.41, 5.74) is -0.543. The first-order chi connectivity index (χ1) is 18.1. The molecule has 0 heterocycles. The molecule has 0 saturated carbocycles. The van der Waals surface area contributed by atoms with Crippen molar-refractivity contribution in [2.24, 2.45) is 0 Å². The van der Waals surface area contributed by atoms with Gasteiger partial charge in [0.2, 0.25) is 0 Å². The number of carbonyl (C=O) groups excluding carboxylic acids is 1. The van der Waals surface area contributed by atoms with Crippen molar-refractivity contribution >= 4 is 36.1 Å². The first-order valence-corrected chi connectivity index (χ1v) is 13.3. The van der Waals surface area contributed by atoms with Gasteiger partial charge >= 0.3 is 19.9 Å². The molecule has 4 aromatic carbocycles. The molecule has 198 valence electrons. The third-order valence-corrected chi connectivity index (χ3v) is 7.24. The molecule has 0 radical (unpaired) electrons. The van der Waals surface area contributed by atoms with Crippen molar-refractivity contribution in [1.82, 2.24) is 5.09 Å². The number of para-hydroxylation sites is 1. The number of carbonyl (C=O) groups is 1. The van der Waals surface area contributed by atoms with Crippen LogP contribution < -0.4 is 14.1 Å². The fourth-order valence-electron chi connectivity index (χ4n) is 3.56. The van der Waals surface area contributed by atoms with Gasteiger partial charge in [0.05, 0.1) is 10.6 Å². The van der Waals surface area contributed by atoms with Crippen LogP contribution in [0.2, 0.25) is 5.02 Å². The summed E-state index contributed by atoms with van der Waals surface area (Å²) in [6, 6.07) is 22.4. The van der Waals surface area contributed by atoms with Crippen LogP contribution in [0.25, 0.3) is 10.8 Å². The molecule has 11 heteroatoms. The highest BCUT2D eigenvalue weighted by molar-refractivity contribution is 7.52. The van der Waals surface area contributed by atoms with E-state index in [9.17, 15) is 22.5 Å². The molecule has 0 aliphatic carbocycles. The van der Waals surface area contributed by atoms with Crippen LogP contribution >= 0.6 is 19.3 Å². The van der Waals surface area contributed by atoms with E-state index >= 15 is 0 Å². The van der Waals surface area contributed by atoms with E-state index in [0.29, 0.717) is 10.9 Å². The number of hydrogen-bond donors (Lipinski definition) is 1. The molecule has 0 saturated heterocycles. The Labute approximate surface area is 221 Å². The fraction of sp³-hybridized carbons (Fsp3) is 0.148. The lowest BCUT2D eigenvalue weighted by Crippen LogP contribution is -2.36. The summed E-state index contributed by atoms with van der Waals surface area (Å²) in [4.78, 5) is 12.7. The molecule has 0 fully saturated rings. The van der Waals surface area contributed by atoms with E-state index < -0.39 is 42.3 Å². The minimum atomic E-state index is -4.87. The number of nitrogens with one attached hydrogen (secondary N) is 1. The van der Waals surface area contributed by atoms with Crippen LogP contribution in [0.3, 0.4) is 0 Å². The van der Waals surface area contributed by atoms with Gasteiger partial charge in [-0.1, -0.05) is 84.4 Å². The fourth-order valence-corrected chi connectivity index (χ4v) is 5.41. The van der Waals surface area contributed by atoms with Crippen molar-refractivity contribution in [1.29, 1.82) is 0 Å². The monoisotopic (exact) mass is 563 g/mol. The van der Waals surface area contributed by atoms with E-state index in [0.717, 1.165) is 23.6 Å². The Morgan fingerprint density at radius 2 is 1.58 bits per heavy atom. The third-order valence-electron chi connectivity index (χ3n) is 5.38. The van der Waals surface area contributed by atoms with Crippen LogP contribution in [0.4, 0.5) is 13.2 Å². The summed E-state index contributed by atoms with van der Waals surface area (Å²) >= 11 is 6.04. The summed E-state index contributed by atoms with van der Waals surface area (Å²) < 4.78 is 71.6. The first kappa shape index (κ1) is 27.5. The quantitative estimate of drug-likeness (QED) is 0.165. The molecule has 1 N–H and O–H groups in total. The largest absolute Gasteiger partial charge is 0.513 e. The lowest BCUT2D eigenvalue weighted by molar-refractivity contribution is -0.146. The Hall–Kier alpha value is -3.52. The highest BCUT2D eigenvalue weighted by Gasteiger charge is 2.40. The van der Waals surface area contributed by atoms with Crippen LogP contribution in [0, 0.1) is 0 Å². The van der Waals surface area contributed by atoms with Crippen molar-refractivity contribution < 1.29 is 36.3 Å². The van der Waals surface area contributed by atoms with E-state index in [1.807, 2.05) is 0 Å². The summed E-state index contributed by atoms with van der Waals surface area (Å²) in [7, 11) is -4.73. The van der Waals surface area contributed by atoms with Gasteiger partial charge in [-0.25, -0.2) is 4.57 Å². The number of rotatable bonds is 9. The van der Waals surface area contributed by atoms with Gasteiger partial charge in [0.1, 0.15) is 18.4 Å². The zero-order valence-electron chi connectivity index (χ0n) is 19.9. The Morgan fingerprint density at radius 3 is 2.32 bits per heavy atom. The minimum Gasteiger partial charge on any atom is -0.460 e. The van der Waals surface area contributed by atoms with E-state index in [-0.39, 0.29) is 12.4 Å². The highest BCUT2D eigenvalue weighted by Crippen LogP contribution is 2.51. The molecule has 0 amide bonds. The normalized spacial score (nSPS) is 13.9. The van der Waals surface area contributed by atoms with E-state index in [4.69, 9.17) is 25.4 Å². The van der Waals surface area contributed by atoms with Crippen molar-refractivity contribution in [2.45, 2.75) is 25.7 Å². The number of esters is 1. The summed E-state index contributed by atoms with van der Waals surface area (Å²) in [5, 5.41) is 3.21. The number of fused-ring (bicyclic) bond motifs is 1. The molecular formula is C27H22ClF3NO5P. The molecule has 2 atom stereocenters. The average molecular weight is 564 g/mol. The number of halogens is 4. The zero-order chi connectivity index (χ0) is 27.3. The number of hydrogen-bond acceptors (Lipinski definition) is 5. The summed E-state index contributed by atoms with van der Waals surface area (Å²) in [5.74, 6) is -1.67. The molecule has 1 unspecified atom stereocenters. The number of alkyl halides is 3. The Kier molecular flexibility index (Phi) is 8.31. The second-order valence-corrected chi connectivity index (χ2v) is 10.2. The summed E-state index contributed by atoms with van der Waals surface area (Å²) in [6.07, 6.45) is -4.87. The maximum atomic E-state index is 14.0.